The van der Waals surface area contributed by atoms with Crippen molar-refractivity contribution in [2.75, 3.05) is 0 Å². The topological polar surface area (TPSA) is 0 Å². The van der Waals surface area contributed by atoms with Crippen LogP contribution in [0.2, 0.25) is 0 Å². The molecule has 0 nitrogen and oxygen atoms in total. The molecule has 0 saturated carbocycles. The summed E-state index contributed by atoms with van der Waals surface area (Å²) in [5.74, 6) is 0. The maximum atomic E-state index is 3.62. The highest BCUT2D eigenvalue weighted by Gasteiger charge is 1.82. The van der Waals surface area contributed by atoms with Crippen LogP contribution in [0, 0.1) is 0 Å². The summed E-state index contributed by atoms with van der Waals surface area (Å²) in [7, 11) is 0. The van der Waals surface area contributed by atoms with Crippen LogP contribution in [-0.4, -0.2) is 0 Å². The monoisotopic (exact) mass is 108 g/mol. The van der Waals surface area contributed by atoms with E-state index in [1.165, 1.54) is 5.57 Å². The molecule has 0 saturated heterocycles. The van der Waals surface area contributed by atoms with Gasteiger partial charge in [0.05, 0.1) is 0 Å². The van der Waals surface area contributed by atoms with Crippen molar-refractivity contribution in [3.63, 3.8) is 0 Å². The van der Waals surface area contributed by atoms with Gasteiger partial charge in [0.1, 0.15) is 0 Å². The zero-order chi connectivity index (χ0) is 6.57. The number of rotatable bonds is 2. The quantitative estimate of drug-likeness (QED) is 0.477. The Labute approximate surface area is 51.2 Å². The molecule has 0 spiro atoms. The Hall–Kier alpha value is -0.780. The van der Waals surface area contributed by atoms with Gasteiger partial charge in [-0.25, -0.2) is 0 Å². The molecule has 0 unspecified atom stereocenters. The molecule has 0 N–H and O–H groups in total. The first-order valence-corrected chi connectivity index (χ1v) is 2.64. The largest absolute Gasteiger partial charge is 0.0985 e. The number of allylic oxidation sites excluding steroid dienone is 4. The van der Waals surface area contributed by atoms with Gasteiger partial charge in [-0.15, -0.1) is 0 Å². The van der Waals surface area contributed by atoms with Crippen LogP contribution in [0.4, 0.5) is 0 Å². The van der Waals surface area contributed by atoms with E-state index in [0.29, 0.717) is 0 Å². The maximum absolute atomic E-state index is 3.62. The van der Waals surface area contributed by atoms with Gasteiger partial charge in [0, 0.05) is 0 Å². The maximum Gasteiger partial charge on any atom is -0.0282 e. The van der Waals surface area contributed by atoms with E-state index in [4.69, 9.17) is 0 Å². The van der Waals surface area contributed by atoms with Crippen molar-refractivity contribution in [1.29, 1.82) is 0 Å². The van der Waals surface area contributed by atoms with Crippen LogP contribution in [0.5, 0.6) is 0 Å². The predicted molar refractivity (Wildman–Crippen MR) is 38.8 cm³/mol. The third-order valence-corrected chi connectivity index (χ3v) is 1.02. The summed E-state index contributed by atoms with van der Waals surface area (Å²) < 4.78 is 0. The van der Waals surface area contributed by atoms with Crippen molar-refractivity contribution in [1.82, 2.24) is 0 Å². The fraction of sp³-hybridized carbons (Fsp3) is 0.250. The summed E-state index contributed by atoms with van der Waals surface area (Å²) in [5, 5.41) is 0. The van der Waals surface area contributed by atoms with E-state index in [9.17, 15) is 0 Å². The van der Waals surface area contributed by atoms with Crippen LogP contribution in [0.15, 0.2) is 36.5 Å². The van der Waals surface area contributed by atoms with E-state index in [1.807, 2.05) is 26.0 Å². The molecule has 0 bridgehead atoms. The molecule has 44 valence electrons. The summed E-state index contributed by atoms with van der Waals surface area (Å²) in [4.78, 5) is 0. The minimum Gasteiger partial charge on any atom is -0.0985 e. The molecule has 0 aromatic carbocycles. The number of hydrogen-bond donors (Lipinski definition) is 0. The van der Waals surface area contributed by atoms with Gasteiger partial charge < -0.3 is 0 Å². The Morgan fingerprint density at radius 2 is 1.50 bits per heavy atom. The first kappa shape index (κ1) is 7.22. The zero-order valence-corrected chi connectivity index (χ0v) is 5.57. The first-order valence-electron chi connectivity index (χ1n) is 2.64. The van der Waals surface area contributed by atoms with Crippen LogP contribution in [-0.2, 0) is 0 Å². The molecule has 8 heavy (non-hydrogen) atoms. The highest BCUT2D eigenvalue weighted by atomic mass is 13.9. The van der Waals surface area contributed by atoms with Crippen LogP contribution >= 0.6 is 0 Å². The predicted octanol–water partition coefficient (Wildman–Crippen LogP) is 2.69. The average molecular weight is 108 g/mol. The SMILES string of the molecule is C=CC(C=C)=C(C)C. The summed E-state index contributed by atoms with van der Waals surface area (Å²) in [6.45, 7) is 11.3. The fourth-order valence-corrected chi connectivity index (χ4v) is 0.492. The van der Waals surface area contributed by atoms with E-state index in [1.54, 1.807) is 0 Å². The normalized spacial score (nSPS) is 7.75. The van der Waals surface area contributed by atoms with Crippen molar-refractivity contribution in [2.24, 2.45) is 0 Å². The summed E-state index contributed by atoms with van der Waals surface area (Å²) in [5.41, 5.74) is 2.39. The van der Waals surface area contributed by atoms with Crippen molar-refractivity contribution < 1.29 is 0 Å². The Morgan fingerprint density at radius 3 is 1.50 bits per heavy atom. The third kappa shape index (κ3) is 1.78. The van der Waals surface area contributed by atoms with Crippen LogP contribution < -0.4 is 0 Å². The highest BCUT2D eigenvalue weighted by Crippen LogP contribution is 2.03. The summed E-state index contributed by atoms with van der Waals surface area (Å²) >= 11 is 0. The molecule has 0 aliphatic carbocycles. The molecular formula is C8H12. The van der Waals surface area contributed by atoms with E-state index in [-0.39, 0.29) is 0 Å². The first-order chi connectivity index (χ1) is 3.72. The second kappa shape index (κ2) is 3.25. The van der Waals surface area contributed by atoms with Gasteiger partial charge in [-0.05, 0) is 19.4 Å². The van der Waals surface area contributed by atoms with Gasteiger partial charge in [0.15, 0.2) is 0 Å². The summed E-state index contributed by atoms with van der Waals surface area (Å²) in [6, 6.07) is 0. The molecule has 0 amide bonds. The molecule has 0 aliphatic rings. The second-order valence-electron chi connectivity index (χ2n) is 1.86. The fourth-order valence-electron chi connectivity index (χ4n) is 0.492. The van der Waals surface area contributed by atoms with Crippen molar-refractivity contribution in [2.45, 2.75) is 13.8 Å². The second-order valence-corrected chi connectivity index (χ2v) is 1.86. The summed E-state index contributed by atoms with van der Waals surface area (Å²) in [6.07, 6.45) is 3.62. The molecular weight excluding hydrogens is 96.1 g/mol. The lowest BCUT2D eigenvalue weighted by molar-refractivity contribution is 1.35. The zero-order valence-electron chi connectivity index (χ0n) is 5.57. The molecule has 0 radical (unpaired) electrons. The van der Waals surface area contributed by atoms with Crippen molar-refractivity contribution in [3.05, 3.63) is 36.5 Å². The lowest BCUT2D eigenvalue weighted by Gasteiger charge is -1.92. The van der Waals surface area contributed by atoms with Crippen LogP contribution in [0.1, 0.15) is 13.8 Å². The molecule has 0 atom stereocenters. The number of hydrogen-bond acceptors (Lipinski definition) is 0. The van der Waals surface area contributed by atoms with E-state index in [2.05, 4.69) is 13.2 Å². The smallest absolute Gasteiger partial charge is 0.0282 e. The van der Waals surface area contributed by atoms with Crippen molar-refractivity contribution >= 4 is 0 Å². The molecule has 0 rings (SSSR count). The molecule has 0 aromatic heterocycles. The van der Waals surface area contributed by atoms with Crippen molar-refractivity contribution in [3.8, 4) is 0 Å². The minimum absolute atomic E-state index is 1.13. The molecule has 0 aliphatic heterocycles. The Bertz CT molecular complexity index is 113. The van der Waals surface area contributed by atoms with E-state index in [0.717, 1.165) is 5.57 Å². The lowest BCUT2D eigenvalue weighted by atomic mass is 10.1. The van der Waals surface area contributed by atoms with Gasteiger partial charge in [0.2, 0.25) is 0 Å². The molecule has 0 heterocycles. The Balaban J connectivity index is 4.30. The van der Waals surface area contributed by atoms with Gasteiger partial charge in [-0.1, -0.05) is 30.9 Å². The Kier molecular flexibility index (Phi) is 2.93. The van der Waals surface area contributed by atoms with Crippen LogP contribution in [0.3, 0.4) is 0 Å². The van der Waals surface area contributed by atoms with Gasteiger partial charge in [-0.2, -0.15) is 0 Å². The highest BCUT2D eigenvalue weighted by molar-refractivity contribution is 5.31. The average Bonchev–Trinajstić information content (AvgIpc) is 1.69. The third-order valence-electron chi connectivity index (χ3n) is 1.02. The Morgan fingerprint density at radius 1 is 1.12 bits per heavy atom. The van der Waals surface area contributed by atoms with E-state index < -0.39 is 0 Å². The molecule has 0 heteroatoms. The molecule has 0 aromatic rings. The minimum atomic E-state index is 1.13. The molecule has 0 fully saturated rings. The lowest BCUT2D eigenvalue weighted by Crippen LogP contribution is -1.72. The van der Waals surface area contributed by atoms with Gasteiger partial charge >= 0.3 is 0 Å². The van der Waals surface area contributed by atoms with Gasteiger partial charge in [-0.3, -0.25) is 0 Å². The standard InChI is InChI=1S/C8H12/c1-5-8(6-2)7(3)4/h5-6H,1-2H2,3-4H3. The van der Waals surface area contributed by atoms with Gasteiger partial charge in [0.25, 0.3) is 0 Å². The van der Waals surface area contributed by atoms with Crippen LogP contribution in [0.25, 0.3) is 0 Å². The van der Waals surface area contributed by atoms with E-state index >= 15 is 0 Å².